The summed E-state index contributed by atoms with van der Waals surface area (Å²) < 4.78 is 10.8. The molecule has 0 aliphatic carbocycles. The van der Waals surface area contributed by atoms with Crippen molar-refractivity contribution in [3.05, 3.63) is 22.7 Å². The molecule has 1 aromatic carbocycles. The Morgan fingerprint density at radius 1 is 1.36 bits per heavy atom. The van der Waals surface area contributed by atoms with E-state index in [1.54, 1.807) is 12.1 Å². The summed E-state index contributed by atoms with van der Waals surface area (Å²) in [5.41, 5.74) is 2.68. The number of carbonyl (C=O) groups excluding carboxylic acids is 2. The van der Waals surface area contributed by atoms with Gasteiger partial charge in [0.2, 0.25) is 0 Å². The Labute approximate surface area is 133 Å². The van der Waals surface area contributed by atoms with Gasteiger partial charge in [0, 0.05) is 7.05 Å². The molecule has 1 rings (SSSR count). The molecule has 0 aliphatic heterocycles. The van der Waals surface area contributed by atoms with Crippen LogP contribution in [0.2, 0.25) is 5.02 Å². The molecule has 8 heteroatoms. The first-order valence-electron chi connectivity index (χ1n) is 6.58. The lowest BCUT2D eigenvalue weighted by Crippen LogP contribution is -2.35. The van der Waals surface area contributed by atoms with Crippen LogP contribution in [-0.2, 0) is 9.59 Å². The van der Waals surface area contributed by atoms with Gasteiger partial charge < -0.3 is 14.8 Å². The average Bonchev–Trinajstić information content (AvgIpc) is 2.52. The third-order valence-electron chi connectivity index (χ3n) is 2.52. The Morgan fingerprint density at radius 3 is 2.68 bits per heavy atom. The van der Waals surface area contributed by atoms with Crippen molar-refractivity contribution in [3.8, 4) is 11.5 Å². The number of hydrazone groups is 1. The van der Waals surface area contributed by atoms with Crippen molar-refractivity contribution in [3.63, 3.8) is 0 Å². The Kier molecular flexibility index (Phi) is 7.18. The second-order valence-electron chi connectivity index (χ2n) is 4.16. The molecular formula is C14H18ClN3O4. The number of amides is 2. The lowest BCUT2D eigenvalue weighted by Gasteiger charge is -2.12. The molecule has 0 atom stereocenters. The second-order valence-corrected chi connectivity index (χ2v) is 4.57. The number of benzene rings is 1. The van der Waals surface area contributed by atoms with Gasteiger partial charge in [-0.15, -0.1) is 0 Å². The predicted molar refractivity (Wildman–Crippen MR) is 83.6 cm³/mol. The van der Waals surface area contributed by atoms with Crippen molar-refractivity contribution in [2.24, 2.45) is 5.10 Å². The van der Waals surface area contributed by atoms with E-state index in [-0.39, 0.29) is 0 Å². The Balaban J connectivity index is 2.86. The normalized spacial score (nSPS) is 10.4. The van der Waals surface area contributed by atoms with Gasteiger partial charge in [-0.1, -0.05) is 18.5 Å². The van der Waals surface area contributed by atoms with Crippen LogP contribution in [0.3, 0.4) is 0 Å². The van der Waals surface area contributed by atoms with Gasteiger partial charge in [0.25, 0.3) is 0 Å². The first-order valence-corrected chi connectivity index (χ1v) is 6.96. The van der Waals surface area contributed by atoms with Crippen LogP contribution >= 0.6 is 11.6 Å². The molecule has 0 bridgehead atoms. The average molecular weight is 328 g/mol. The molecular weight excluding hydrogens is 310 g/mol. The minimum atomic E-state index is -0.861. The van der Waals surface area contributed by atoms with Crippen LogP contribution in [-0.4, -0.2) is 38.8 Å². The number of methoxy groups -OCH3 is 1. The van der Waals surface area contributed by atoms with Crippen molar-refractivity contribution in [2.45, 2.75) is 13.3 Å². The van der Waals surface area contributed by atoms with Gasteiger partial charge in [0.1, 0.15) is 0 Å². The van der Waals surface area contributed by atoms with Crippen LogP contribution in [0.4, 0.5) is 0 Å². The van der Waals surface area contributed by atoms with Crippen molar-refractivity contribution < 1.29 is 19.1 Å². The molecule has 7 nitrogen and oxygen atoms in total. The molecule has 1 aromatic rings. The number of halogens is 1. The molecule has 0 fully saturated rings. The molecule has 120 valence electrons. The van der Waals surface area contributed by atoms with Crippen LogP contribution in [0.1, 0.15) is 18.9 Å². The van der Waals surface area contributed by atoms with Crippen LogP contribution in [0, 0.1) is 0 Å². The van der Waals surface area contributed by atoms with Gasteiger partial charge in [-0.05, 0) is 24.1 Å². The first kappa shape index (κ1) is 17.8. The van der Waals surface area contributed by atoms with E-state index < -0.39 is 11.8 Å². The lowest BCUT2D eigenvalue weighted by molar-refractivity contribution is -0.138. The van der Waals surface area contributed by atoms with E-state index in [4.69, 9.17) is 21.1 Å². The number of carbonyl (C=O) groups is 2. The summed E-state index contributed by atoms with van der Waals surface area (Å²) >= 11 is 6.15. The van der Waals surface area contributed by atoms with Gasteiger partial charge in [-0.2, -0.15) is 5.10 Å². The van der Waals surface area contributed by atoms with Gasteiger partial charge in [-0.25, -0.2) is 5.43 Å². The van der Waals surface area contributed by atoms with E-state index in [9.17, 15) is 9.59 Å². The third kappa shape index (κ3) is 4.92. The summed E-state index contributed by atoms with van der Waals surface area (Å²) in [4.78, 5) is 22.2. The van der Waals surface area contributed by atoms with Gasteiger partial charge in [0.05, 0.1) is 25.0 Å². The molecule has 22 heavy (non-hydrogen) atoms. The summed E-state index contributed by atoms with van der Waals surface area (Å²) in [7, 11) is 2.85. The summed E-state index contributed by atoms with van der Waals surface area (Å²) in [6, 6.07) is 3.27. The first-order chi connectivity index (χ1) is 10.5. The molecule has 0 heterocycles. The van der Waals surface area contributed by atoms with E-state index in [1.165, 1.54) is 20.4 Å². The number of nitrogens with one attached hydrogen (secondary N) is 2. The van der Waals surface area contributed by atoms with Crippen LogP contribution in [0.5, 0.6) is 11.5 Å². The smallest absolute Gasteiger partial charge is 0.329 e. The van der Waals surface area contributed by atoms with E-state index in [0.717, 1.165) is 6.42 Å². The van der Waals surface area contributed by atoms with E-state index in [0.29, 0.717) is 28.7 Å². The maximum absolute atomic E-state index is 11.2. The fourth-order valence-corrected chi connectivity index (χ4v) is 1.76. The van der Waals surface area contributed by atoms with Gasteiger partial charge in [-0.3, -0.25) is 9.59 Å². The highest BCUT2D eigenvalue weighted by Crippen LogP contribution is 2.36. The monoisotopic (exact) mass is 327 g/mol. The predicted octanol–water partition coefficient (Wildman–Crippen LogP) is 1.33. The number of ether oxygens (including phenoxy) is 2. The van der Waals surface area contributed by atoms with Gasteiger partial charge in [0.15, 0.2) is 11.5 Å². The number of nitrogens with zero attached hydrogens (tertiary/aromatic N) is 1. The Morgan fingerprint density at radius 2 is 2.09 bits per heavy atom. The summed E-state index contributed by atoms with van der Waals surface area (Å²) in [6.07, 6.45) is 2.19. The standard InChI is InChI=1S/C14H18ClN3O4/c1-4-5-22-12-10(15)6-9(7-11(12)21-3)8-17-18-14(20)13(19)16-2/h6-8H,4-5H2,1-3H3,(H,16,19)(H,18,20)/b17-8-. The van der Waals surface area contributed by atoms with Crippen molar-refractivity contribution in [1.82, 2.24) is 10.7 Å². The summed E-state index contributed by atoms with van der Waals surface area (Å²) in [6.45, 7) is 2.50. The highest BCUT2D eigenvalue weighted by molar-refractivity contribution is 6.35. The van der Waals surface area contributed by atoms with Crippen molar-refractivity contribution in [1.29, 1.82) is 0 Å². The summed E-state index contributed by atoms with van der Waals surface area (Å²) in [5, 5.41) is 6.23. The SMILES string of the molecule is CCCOc1c(Cl)cc(/C=N\NC(=O)C(=O)NC)cc1OC. The molecule has 0 spiro atoms. The largest absolute Gasteiger partial charge is 0.493 e. The molecule has 0 aliphatic rings. The molecule has 2 N–H and O–H groups in total. The minimum absolute atomic E-state index is 0.367. The molecule has 0 unspecified atom stereocenters. The van der Waals surface area contributed by atoms with Gasteiger partial charge >= 0.3 is 11.8 Å². The molecule has 0 saturated carbocycles. The van der Waals surface area contributed by atoms with E-state index in [1.807, 2.05) is 6.92 Å². The number of hydrogen-bond acceptors (Lipinski definition) is 5. The molecule has 0 aromatic heterocycles. The number of rotatable bonds is 6. The lowest BCUT2D eigenvalue weighted by atomic mass is 10.2. The van der Waals surface area contributed by atoms with Crippen molar-refractivity contribution in [2.75, 3.05) is 20.8 Å². The van der Waals surface area contributed by atoms with Crippen molar-refractivity contribution >= 4 is 29.6 Å². The zero-order valence-electron chi connectivity index (χ0n) is 12.6. The highest BCUT2D eigenvalue weighted by atomic mass is 35.5. The van der Waals surface area contributed by atoms with Crippen LogP contribution in [0.25, 0.3) is 0 Å². The Hall–Kier alpha value is -2.28. The van der Waals surface area contributed by atoms with E-state index in [2.05, 4.69) is 15.8 Å². The zero-order valence-corrected chi connectivity index (χ0v) is 13.4. The fourth-order valence-electron chi connectivity index (χ4n) is 1.49. The maximum atomic E-state index is 11.2. The minimum Gasteiger partial charge on any atom is -0.493 e. The number of likely N-dealkylation sites (N-methyl/N-ethyl adjacent to an activating group) is 1. The third-order valence-corrected chi connectivity index (χ3v) is 2.80. The summed E-state index contributed by atoms with van der Waals surface area (Å²) in [5.74, 6) is -0.728. The topological polar surface area (TPSA) is 89.0 Å². The number of hydrogen-bond donors (Lipinski definition) is 2. The fraction of sp³-hybridized carbons (Fsp3) is 0.357. The molecule has 2 amide bonds. The van der Waals surface area contributed by atoms with Crippen LogP contribution < -0.4 is 20.2 Å². The molecule has 0 saturated heterocycles. The maximum Gasteiger partial charge on any atom is 0.329 e. The van der Waals surface area contributed by atoms with E-state index >= 15 is 0 Å². The van der Waals surface area contributed by atoms with Crippen LogP contribution in [0.15, 0.2) is 17.2 Å². The second kappa shape index (κ2) is 8.89. The zero-order chi connectivity index (χ0) is 16.5. The quantitative estimate of drug-likeness (QED) is 0.468. The molecule has 0 radical (unpaired) electrons. The Bertz CT molecular complexity index is 575. The highest BCUT2D eigenvalue weighted by Gasteiger charge is 2.12.